The van der Waals surface area contributed by atoms with E-state index in [2.05, 4.69) is 10.2 Å². The highest BCUT2D eigenvalue weighted by molar-refractivity contribution is 6.31. The number of nitro benzene ring substituents is 1. The van der Waals surface area contributed by atoms with Crippen molar-refractivity contribution < 1.29 is 18.8 Å². The number of carbonyl (C=O) groups is 1. The molecule has 0 atom stereocenters. The second-order valence-corrected chi connectivity index (χ2v) is 6.71. The molecule has 0 aliphatic heterocycles. The quantitative estimate of drug-likeness (QED) is 0.396. The summed E-state index contributed by atoms with van der Waals surface area (Å²) in [6.07, 6.45) is 3.01. The number of rotatable bonds is 8. The first-order valence-corrected chi connectivity index (χ1v) is 9.23. The Morgan fingerprint density at radius 3 is 2.87 bits per heavy atom. The second kappa shape index (κ2) is 8.91. The Kier molecular flexibility index (Phi) is 6.31. The minimum Gasteiger partial charge on any atom is -0.464 e. The molecule has 3 rings (SSSR count). The average molecular weight is 437 g/mol. The molecule has 12 heteroatoms. The maximum Gasteiger partial charge on any atom is 0.311 e. The number of nitro groups is 1. The smallest absolute Gasteiger partial charge is 0.311 e. The van der Waals surface area contributed by atoms with Gasteiger partial charge in [0, 0.05) is 31.9 Å². The first-order chi connectivity index (χ1) is 14.3. The summed E-state index contributed by atoms with van der Waals surface area (Å²) in [7, 11) is 1.61. The van der Waals surface area contributed by atoms with Crippen LogP contribution in [0.15, 0.2) is 36.7 Å². The number of aromatic nitrogens is 4. The molecule has 0 unspecified atom stereocenters. The summed E-state index contributed by atoms with van der Waals surface area (Å²) in [6.45, 7) is 2.53. The summed E-state index contributed by atoms with van der Waals surface area (Å²) < 4.78 is 21.7. The van der Waals surface area contributed by atoms with E-state index < -0.39 is 10.7 Å². The van der Waals surface area contributed by atoms with Gasteiger partial charge in [-0.05, 0) is 19.1 Å². The third kappa shape index (κ3) is 4.57. The van der Waals surface area contributed by atoms with Crippen LogP contribution in [0.5, 0.6) is 5.75 Å². The van der Waals surface area contributed by atoms with Gasteiger partial charge in [0.05, 0.1) is 28.4 Å². The number of benzene rings is 1. The standard InChI is InChI=1S/C18H18ClFN6O4/c1-3-25-16(13(19)9-21-25)10-23(2)18(27)14-6-7-24(22-14)11-30-17-8-12(20)4-5-15(17)26(28)29/h4-9H,3,10-11H2,1-2H3. The highest BCUT2D eigenvalue weighted by atomic mass is 35.5. The largest absolute Gasteiger partial charge is 0.464 e. The van der Waals surface area contributed by atoms with Crippen LogP contribution in [0.2, 0.25) is 5.02 Å². The summed E-state index contributed by atoms with van der Waals surface area (Å²) in [6, 6.07) is 4.40. The van der Waals surface area contributed by atoms with Gasteiger partial charge in [-0.15, -0.1) is 0 Å². The van der Waals surface area contributed by atoms with Crippen molar-refractivity contribution in [3.8, 4) is 5.75 Å². The van der Waals surface area contributed by atoms with Crippen molar-refractivity contribution >= 4 is 23.2 Å². The van der Waals surface area contributed by atoms with Gasteiger partial charge in [0.15, 0.2) is 12.4 Å². The number of ether oxygens (including phenoxy) is 1. The zero-order valence-corrected chi connectivity index (χ0v) is 16.9. The molecule has 0 saturated carbocycles. The molecule has 30 heavy (non-hydrogen) atoms. The van der Waals surface area contributed by atoms with E-state index in [0.717, 1.165) is 18.2 Å². The highest BCUT2D eigenvalue weighted by Crippen LogP contribution is 2.27. The van der Waals surface area contributed by atoms with Gasteiger partial charge in [-0.1, -0.05) is 11.6 Å². The summed E-state index contributed by atoms with van der Waals surface area (Å²) in [4.78, 5) is 24.5. The molecule has 3 aromatic rings. The molecule has 1 amide bonds. The Hall–Kier alpha value is -3.47. The van der Waals surface area contributed by atoms with Crippen molar-refractivity contribution in [3.05, 3.63) is 69.0 Å². The van der Waals surface area contributed by atoms with E-state index in [1.165, 1.54) is 28.0 Å². The van der Waals surface area contributed by atoms with E-state index in [1.54, 1.807) is 11.7 Å². The summed E-state index contributed by atoms with van der Waals surface area (Å²) >= 11 is 6.14. The highest BCUT2D eigenvalue weighted by Gasteiger charge is 2.19. The molecule has 0 fully saturated rings. The topological polar surface area (TPSA) is 108 Å². The number of hydrogen-bond acceptors (Lipinski definition) is 6. The van der Waals surface area contributed by atoms with Crippen LogP contribution in [-0.4, -0.2) is 42.3 Å². The maximum atomic E-state index is 13.4. The Labute approximate surface area is 175 Å². The Morgan fingerprint density at radius 1 is 1.40 bits per heavy atom. The average Bonchev–Trinajstić information content (AvgIpc) is 3.32. The molecule has 0 aliphatic carbocycles. The molecule has 1 aromatic carbocycles. The molecule has 2 aromatic heterocycles. The number of hydrogen-bond donors (Lipinski definition) is 0. The van der Waals surface area contributed by atoms with Crippen LogP contribution in [0.1, 0.15) is 23.1 Å². The molecule has 0 N–H and O–H groups in total. The van der Waals surface area contributed by atoms with E-state index >= 15 is 0 Å². The fourth-order valence-corrected chi connectivity index (χ4v) is 2.95. The zero-order valence-electron chi connectivity index (χ0n) is 16.2. The molecule has 0 bridgehead atoms. The number of nitrogens with zero attached hydrogens (tertiary/aromatic N) is 6. The van der Waals surface area contributed by atoms with Crippen molar-refractivity contribution in [2.45, 2.75) is 26.7 Å². The van der Waals surface area contributed by atoms with Gasteiger partial charge in [-0.3, -0.25) is 19.6 Å². The van der Waals surface area contributed by atoms with Crippen LogP contribution in [0.3, 0.4) is 0 Å². The fraction of sp³-hybridized carbons (Fsp3) is 0.278. The lowest BCUT2D eigenvalue weighted by atomic mass is 10.3. The van der Waals surface area contributed by atoms with Crippen LogP contribution in [0.25, 0.3) is 0 Å². The van der Waals surface area contributed by atoms with Crippen molar-refractivity contribution in [1.82, 2.24) is 24.5 Å². The molecule has 158 valence electrons. The Morgan fingerprint density at radius 2 is 2.17 bits per heavy atom. The molecule has 0 saturated heterocycles. The van der Waals surface area contributed by atoms with Crippen molar-refractivity contribution in [2.24, 2.45) is 0 Å². The third-order valence-electron chi connectivity index (χ3n) is 4.26. The third-order valence-corrected chi connectivity index (χ3v) is 4.58. The van der Waals surface area contributed by atoms with E-state index in [4.69, 9.17) is 16.3 Å². The second-order valence-electron chi connectivity index (χ2n) is 6.30. The van der Waals surface area contributed by atoms with Gasteiger partial charge in [-0.2, -0.15) is 10.2 Å². The van der Waals surface area contributed by atoms with Gasteiger partial charge in [0.2, 0.25) is 5.75 Å². The Bertz CT molecular complexity index is 1080. The zero-order chi connectivity index (χ0) is 21.8. The molecule has 0 radical (unpaired) electrons. The molecular formula is C18H18ClFN6O4. The minimum absolute atomic E-state index is 0.147. The van der Waals surface area contributed by atoms with Crippen LogP contribution >= 0.6 is 11.6 Å². The monoisotopic (exact) mass is 436 g/mol. The number of carbonyl (C=O) groups excluding carboxylic acids is 1. The normalized spacial score (nSPS) is 10.8. The van der Waals surface area contributed by atoms with Crippen LogP contribution in [-0.2, 0) is 19.8 Å². The lowest BCUT2D eigenvalue weighted by Gasteiger charge is -2.17. The van der Waals surface area contributed by atoms with Crippen molar-refractivity contribution in [1.29, 1.82) is 0 Å². The van der Waals surface area contributed by atoms with Gasteiger partial charge in [0.25, 0.3) is 5.91 Å². The summed E-state index contributed by atoms with van der Waals surface area (Å²) in [5, 5.41) is 19.7. The first kappa shape index (κ1) is 21.2. The first-order valence-electron chi connectivity index (χ1n) is 8.86. The van der Waals surface area contributed by atoms with Crippen LogP contribution < -0.4 is 4.74 Å². The van der Waals surface area contributed by atoms with Gasteiger partial charge in [-0.25, -0.2) is 9.07 Å². The van der Waals surface area contributed by atoms with E-state index in [-0.39, 0.29) is 36.3 Å². The molecular weight excluding hydrogens is 419 g/mol. The summed E-state index contributed by atoms with van der Waals surface area (Å²) in [5.41, 5.74) is 0.480. The molecule has 10 nitrogen and oxygen atoms in total. The molecule has 0 aliphatic rings. The Balaban J connectivity index is 1.67. The number of halogens is 2. The van der Waals surface area contributed by atoms with Gasteiger partial charge < -0.3 is 9.64 Å². The van der Waals surface area contributed by atoms with E-state index in [1.807, 2.05) is 6.92 Å². The predicted octanol–water partition coefficient (Wildman–Crippen LogP) is 3.11. The predicted molar refractivity (Wildman–Crippen MR) is 105 cm³/mol. The summed E-state index contributed by atoms with van der Waals surface area (Å²) in [5.74, 6) is -1.26. The van der Waals surface area contributed by atoms with E-state index in [0.29, 0.717) is 17.3 Å². The maximum absolute atomic E-state index is 13.4. The van der Waals surface area contributed by atoms with E-state index in [9.17, 15) is 19.3 Å². The fourth-order valence-electron chi connectivity index (χ4n) is 2.75. The lowest BCUT2D eigenvalue weighted by Crippen LogP contribution is -2.28. The van der Waals surface area contributed by atoms with Gasteiger partial charge in [0.1, 0.15) is 5.82 Å². The number of amides is 1. The molecule has 0 spiro atoms. The van der Waals surface area contributed by atoms with Crippen molar-refractivity contribution in [2.75, 3.05) is 7.05 Å². The van der Waals surface area contributed by atoms with Crippen LogP contribution in [0.4, 0.5) is 10.1 Å². The van der Waals surface area contributed by atoms with Gasteiger partial charge >= 0.3 is 5.69 Å². The lowest BCUT2D eigenvalue weighted by molar-refractivity contribution is -0.386. The minimum atomic E-state index is -0.673. The molecule has 2 heterocycles. The van der Waals surface area contributed by atoms with Crippen LogP contribution in [0, 0.1) is 15.9 Å². The SMILES string of the molecule is CCn1ncc(Cl)c1CN(C)C(=O)c1ccn(COc2cc(F)ccc2[N+](=O)[O-])n1. The number of aryl methyl sites for hydroxylation is 1. The van der Waals surface area contributed by atoms with Crippen molar-refractivity contribution in [3.63, 3.8) is 0 Å².